The van der Waals surface area contributed by atoms with Gasteiger partial charge in [0.15, 0.2) is 0 Å². The normalized spacial score (nSPS) is 24.4. The monoisotopic (exact) mass is 479 g/mol. The number of aliphatic hydroxyl groups excluding tert-OH is 1. The number of allylic oxidation sites excluding steroid dienone is 2. The molecule has 1 aliphatic carbocycles. The molecule has 1 N–H and O–H groups in total. The third-order valence-electron chi connectivity index (χ3n) is 6.59. The Kier molecular flexibility index (Phi) is 7.17. The Balaban J connectivity index is 1.68. The van der Waals surface area contributed by atoms with Crippen molar-refractivity contribution in [1.29, 1.82) is 0 Å². The molecular weight excluding hydrogens is 449 g/mol. The highest BCUT2D eigenvalue weighted by Gasteiger charge is 2.37. The molecule has 3 atom stereocenters. The molecule has 184 valence electrons. The van der Waals surface area contributed by atoms with Crippen molar-refractivity contribution in [1.82, 2.24) is 4.98 Å². The number of hydrogen-bond donors (Lipinski definition) is 1. The van der Waals surface area contributed by atoms with E-state index in [2.05, 4.69) is 18.8 Å². The van der Waals surface area contributed by atoms with Crippen LogP contribution in [0, 0.1) is 18.2 Å². The number of aromatic nitrogens is 1. The van der Waals surface area contributed by atoms with Gasteiger partial charge in [0.05, 0.1) is 18.1 Å². The minimum atomic E-state index is -0.726. The van der Waals surface area contributed by atoms with Crippen molar-refractivity contribution in [2.75, 3.05) is 0 Å². The number of aryl methyl sites for hydroxylation is 1. The predicted octanol–water partition coefficient (Wildman–Crippen LogP) is 4.95. The summed E-state index contributed by atoms with van der Waals surface area (Å²) in [6.07, 6.45) is 6.59. The van der Waals surface area contributed by atoms with Gasteiger partial charge in [-0.3, -0.25) is 9.78 Å². The molecule has 6 nitrogen and oxygen atoms in total. The summed E-state index contributed by atoms with van der Waals surface area (Å²) in [7, 11) is 0. The van der Waals surface area contributed by atoms with E-state index in [9.17, 15) is 19.1 Å². The summed E-state index contributed by atoms with van der Waals surface area (Å²) in [5, 5.41) is 9.95. The van der Waals surface area contributed by atoms with Gasteiger partial charge in [-0.25, -0.2) is 9.18 Å². The van der Waals surface area contributed by atoms with Gasteiger partial charge in [0, 0.05) is 25.2 Å². The van der Waals surface area contributed by atoms with Gasteiger partial charge in [0.2, 0.25) is 0 Å². The Hall–Kier alpha value is -3.32. The molecule has 1 saturated heterocycles. The van der Waals surface area contributed by atoms with E-state index < -0.39 is 29.6 Å². The van der Waals surface area contributed by atoms with Crippen molar-refractivity contribution in [2.24, 2.45) is 5.41 Å². The van der Waals surface area contributed by atoms with Crippen LogP contribution in [0.2, 0.25) is 0 Å². The van der Waals surface area contributed by atoms with Crippen molar-refractivity contribution in [2.45, 2.75) is 64.8 Å². The molecule has 1 aromatic carbocycles. The summed E-state index contributed by atoms with van der Waals surface area (Å²) >= 11 is 0. The average Bonchev–Trinajstić information content (AvgIpc) is 2.79. The number of cyclic esters (lactones) is 1. The molecular formula is C28H30FNO5. The predicted molar refractivity (Wildman–Crippen MR) is 129 cm³/mol. The van der Waals surface area contributed by atoms with Gasteiger partial charge >= 0.3 is 11.9 Å². The quantitative estimate of drug-likeness (QED) is 0.611. The second-order valence-corrected chi connectivity index (χ2v) is 9.89. The fraction of sp³-hybridized carbons (Fsp3) is 0.393. The number of carbonyl (C=O) groups excluding carboxylic acids is 2. The number of esters is 2. The summed E-state index contributed by atoms with van der Waals surface area (Å²) in [6, 6.07) is 8.21. The number of rotatable bonds is 5. The van der Waals surface area contributed by atoms with Crippen LogP contribution in [0.5, 0.6) is 0 Å². The fourth-order valence-electron chi connectivity index (χ4n) is 4.85. The molecule has 7 heteroatoms. The van der Waals surface area contributed by atoms with E-state index in [0.717, 1.165) is 16.7 Å². The fourth-order valence-corrected chi connectivity index (χ4v) is 4.85. The maximum atomic E-state index is 14.0. The van der Waals surface area contributed by atoms with Crippen LogP contribution in [-0.4, -0.2) is 40.3 Å². The van der Waals surface area contributed by atoms with E-state index >= 15 is 0 Å². The van der Waals surface area contributed by atoms with E-state index in [1.807, 2.05) is 6.08 Å². The summed E-state index contributed by atoms with van der Waals surface area (Å²) < 4.78 is 25.3. The van der Waals surface area contributed by atoms with E-state index in [1.165, 1.54) is 6.07 Å². The Labute approximate surface area is 204 Å². The first-order chi connectivity index (χ1) is 16.6. The Morgan fingerprint density at radius 2 is 1.97 bits per heavy atom. The Morgan fingerprint density at radius 1 is 1.23 bits per heavy atom. The average molecular weight is 480 g/mol. The van der Waals surface area contributed by atoms with Gasteiger partial charge in [0.1, 0.15) is 18.0 Å². The van der Waals surface area contributed by atoms with Gasteiger partial charge < -0.3 is 14.6 Å². The number of hydrogen-bond acceptors (Lipinski definition) is 6. The molecule has 0 radical (unpaired) electrons. The molecule has 0 spiro atoms. The Bertz CT molecular complexity index is 1170. The number of carbonyl (C=O) groups is 2. The molecule has 1 aliphatic heterocycles. The lowest BCUT2D eigenvalue weighted by Gasteiger charge is -2.38. The van der Waals surface area contributed by atoms with E-state index in [0.29, 0.717) is 30.4 Å². The minimum Gasteiger partial charge on any atom is -0.458 e. The topological polar surface area (TPSA) is 85.7 Å². The number of aliphatic hydroxyl groups is 1. The first-order valence-corrected chi connectivity index (χ1v) is 11.8. The first-order valence-electron chi connectivity index (χ1n) is 11.8. The summed E-state index contributed by atoms with van der Waals surface area (Å²) in [5.41, 5.74) is 3.35. The van der Waals surface area contributed by atoms with Crippen LogP contribution in [0.15, 0.2) is 60.5 Å². The maximum Gasteiger partial charge on any atom is 0.338 e. The Morgan fingerprint density at radius 3 is 2.66 bits per heavy atom. The van der Waals surface area contributed by atoms with Crippen LogP contribution in [0.1, 0.15) is 61.0 Å². The van der Waals surface area contributed by atoms with Gasteiger partial charge in [-0.1, -0.05) is 26.0 Å². The lowest BCUT2D eigenvalue weighted by Crippen LogP contribution is -2.33. The lowest BCUT2D eigenvalue weighted by atomic mass is 9.69. The third-order valence-corrected chi connectivity index (χ3v) is 6.59. The molecule has 1 unspecified atom stereocenters. The highest BCUT2D eigenvalue weighted by molar-refractivity contribution is 5.89. The van der Waals surface area contributed by atoms with Crippen LogP contribution in [0.4, 0.5) is 4.39 Å². The number of pyridine rings is 1. The van der Waals surface area contributed by atoms with Crippen molar-refractivity contribution in [3.05, 3.63) is 83.0 Å². The summed E-state index contributed by atoms with van der Waals surface area (Å²) in [4.78, 5) is 28.4. The standard InChI is InChI=1S/C28H30FNO5/c1-17-12-19(4-7-25(17)29)23-15-22(35-27(33)18-8-10-30-11-9-18)16-28(2,3)24(23)6-5-21-13-20(31)14-26(32)34-21/h4-12,20-22,31H,13-16H2,1-3H3/b6-5+/t20-,21-,22?/m0/s1. The lowest BCUT2D eigenvalue weighted by molar-refractivity contribution is -0.156. The molecule has 0 bridgehead atoms. The number of nitrogens with zero attached hydrogens (tertiary/aromatic N) is 1. The molecule has 2 aliphatic rings. The van der Waals surface area contributed by atoms with Crippen LogP contribution in [0.3, 0.4) is 0 Å². The van der Waals surface area contributed by atoms with Gasteiger partial charge in [-0.15, -0.1) is 0 Å². The van der Waals surface area contributed by atoms with Crippen LogP contribution in [0.25, 0.3) is 5.57 Å². The molecule has 2 heterocycles. The second kappa shape index (κ2) is 10.1. The van der Waals surface area contributed by atoms with Crippen LogP contribution >= 0.6 is 0 Å². The number of ether oxygens (including phenoxy) is 2. The number of benzene rings is 1. The largest absolute Gasteiger partial charge is 0.458 e. The van der Waals surface area contributed by atoms with E-state index in [1.54, 1.807) is 49.7 Å². The van der Waals surface area contributed by atoms with E-state index in [4.69, 9.17) is 9.47 Å². The summed E-state index contributed by atoms with van der Waals surface area (Å²) in [6.45, 7) is 5.85. The van der Waals surface area contributed by atoms with E-state index in [-0.39, 0.29) is 18.3 Å². The molecule has 0 amide bonds. The highest BCUT2D eigenvalue weighted by Crippen LogP contribution is 2.46. The van der Waals surface area contributed by atoms with Crippen molar-refractivity contribution in [3.8, 4) is 0 Å². The zero-order chi connectivity index (χ0) is 25.2. The third kappa shape index (κ3) is 5.85. The molecule has 0 saturated carbocycles. The SMILES string of the molecule is Cc1cc(C2=C(/C=C/[C@H]3C[C@H](O)CC(=O)O3)C(C)(C)CC(OC(=O)c3ccncc3)C2)ccc1F. The summed E-state index contributed by atoms with van der Waals surface area (Å²) in [5.74, 6) is -1.12. The van der Waals surface area contributed by atoms with Crippen molar-refractivity contribution in [3.63, 3.8) is 0 Å². The zero-order valence-corrected chi connectivity index (χ0v) is 20.2. The van der Waals surface area contributed by atoms with Crippen LogP contribution < -0.4 is 0 Å². The maximum absolute atomic E-state index is 14.0. The number of halogens is 1. The molecule has 1 fully saturated rings. The molecule has 35 heavy (non-hydrogen) atoms. The van der Waals surface area contributed by atoms with Crippen molar-refractivity contribution < 1.29 is 28.6 Å². The van der Waals surface area contributed by atoms with Gasteiger partial charge in [0.25, 0.3) is 0 Å². The van der Waals surface area contributed by atoms with Crippen molar-refractivity contribution >= 4 is 17.5 Å². The molecule has 4 rings (SSSR count). The zero-order valence-electron chi connectivity index (χ0n) is 20.2. The van der Waals surface area contributed by atoms with Gasteiger partial charge in [-0.2, -0.15) is 0 Å². The van der Waals surface area contributed by atoms with Crippen LogP contribution in [-0.2, 0) is 14.3 Å². The van der Waals surface area contributed by atoms with Gasteiger partial charge in [-0.05, 0) is 71.4 Å². The highest BCUT2D eigenvalue weighted by atomic mass is 19.1. The minimum absolute atomic E-state index is 0.00313. The smallest absolute Gasteiger partial charge is 0.338 e. The first kappa shape index (κ1) is 24.8. The second-order valence-electron chi connectivity index (χ2n) is 9.89. The molecule has 1 aromatic heterocycles. The molecule has 2 aromatic rings.